The number of aryl methyl sites for hydroxylation is 2. The first kappa shape index (κ1) is 26.5. The second-order valence-electron chi connectivity index (χ2n) is 8.44. The van der Waals surface area contributed by atoms with Crippen molar-refractivity contribution in [2.75, 3.05) is 14.2 Å². The third kappa shape index (κ3) is 4.84. The fraction of sp³-hybridized carbons (Fsp3) is 0.214. The van der Waals surface area contributed by atoms with Crippen LogP contribution in [0.15, 0.2) is 36.4 Å². The molecule has 0 radical (unpaired) electrons. The summed E-state index contributed by atoms with van der Waals surface area (Å²) < 4.78 is 25.0. The maximum Gasteiger partial charge on any atom is 0.308 e. The van der Waals surface area contributed by atoms with Crippen molar-refractivity contribution < 1.29 is 28.5 Å². The van der Waals surface area contributed by atoms with Crippen LogP contribution in [-0.4, -0.2) is 26.2 Å². The average molecular weight is 710 g/mol. The lowest BCUT2D eigenvalue weighted by molar-refractivity contribution is -0.132. The minimum absolute atomic E-state index is 0.337. The number of benzene rings is 4. The normalized spacial score (nSPS) is 11.0. The minimum Gasteiger partial charge on any atom is -0.496 e. The van der Waals surface area contributed by atoms with E-state index in [4.69, 9.17) is 18.9 Å². The molecule has 6 nitrogen and oxygen atoms in total. The Bertz CT molecular complexity index is 1440. The van der Waals surface area contributed by atoms with E-state index in [1.54, 1.807) is 14.2 Å². The molecule has 4 aromatic rings. The van der Waals surface area contributed by atoms with Gasteiger partial charge in [-0.05, 0) is 107 Å². The SMILES string of the molecule is COc1cc(C)cc2c(I)cc(-c3cc(I)c4cc(C)cc(OC)c4c3OC(C)=O)c(OC(C)=O)c12. The van der Waals surface area contributed by atoms with Crippen LogP contribution in [0.1, 0.15) is 25.0 Å². The van der Waals surface area contributed by atoms with Gasteiger partial charge in [-0.15, -0.1) is 0 Å². The number of carbonyl (C=O) groups is 2. The Kier molecular flexibility index (Phi) is 7.65. The van der Waals surface area contributed by atoms with Crippen molar-refractivity contribution in [3.63, 3.8) is 0 Å². The van der Waals surface area contributed by atoms with Gasteiger partial charge in [0.2, 0.25) is 0 Å². The third-order valence-electron chi connectivity index (χ3n) is 5.71. The standard InChI is InChI=1S/C28H24I2O6/c1-13-7-19-21(29)11-17(27(35-15(3)31)25(19)23(9-13)33-5)18-12-22(30)20-8-14(2)10-24(34-6)26(20)28(18)36-16(4)32/h7-12H,1-6H3. The molecule has 0 aromatic heterocycles. The summed E-state index contributed by atoms with van der Waals surface area (Å²) in [5.74, 6) is 0.893. The molecule has 4 aromatic carbocycles. The Morgan fingerprint density at radius 3 is 1.31 bits per heavy atom. The summed E-state index contributed by atoms with van der Waals surface area (Å²) in [5.41, 5.74) is 3.23. The fourth-order valence-electron chi connectivity index (χ4n) is 4.38. The van der Waals surface area contributed by atoms with Crippen LogP contribution < -0.4 is 18.9 Å². The first-order chi connectivity index (χ1) is 17.0. The maximum atomic E-state index is 12.3. The first-order valence-electron chi connectivity index (χ1n) is 11.0. The zero-order valence-electron chi connectivity index (χ0n) is 20.7. The van der Waals surface area contributed by atoms with E-state index < -0.39 is 11.9 Å². The van der Waals surface area contributed by atoms with Crippen molar-refractivity contribution in [1.29, 1.82) is 0 Å². The van der Waals surface area contributed by atoms with Crippen LogP contribution in [0.25, 0.3) is 32.7 Å². The summed E-state index contributed by atoms with van der Waals surface area (Å²) in [5, 5.41) is 3.12. The number of fused-ring (bicyclic) bond motifs is 2. The van der Waals surface area contributed by atoms with Gasteiger partial charge in [0.25, 0.3) is 0 Å². The minimum atomic E-state index is -0.473. The van der Waals surface area contributed by atoms with Crippen molar-refractivity contribution in [2.24, 2.45) is 0 Å². The highest BCUT2D eigenvalue weighted by atomic mass is 127. The topological polar surface area (TPSA) is 71.1 Å². The van der Waals surface area contributed by atoms with Crippen LogP contribution in [0.5, 0.6) is 23.0 Å². The third-order valence-corrected chi connectivity index (χ3v) is 7.50. The first-order valence-corrected chi connectivity index (χ1v) is 13.2. The van der Waals surface area contributed by atoms with Crippen LogP contribution in [0, 0.1) is 21.0 Å². The molecule has 0 atom stereocenters. The van der Waals surface area contributed by atoms with E-state index in [9.17, 15) is 9.59 Å². The average Bonchev–Trinajstić information content (AvgIpc) is 2.81. The van der Waals surface area contributed by atoms with E-state index in [2.05, 4.69) is 45.2 Å². The predicted octanol–water partition coefficient (Wildman–Crippen LogP) is 7.35. The Labute approximate surface area is 236 Å². The molecule has 0 aliphatic heterocycles. The molecule has 36 heavy (non-hydrogen) atoms. The largest absolute Gasteiger partial charge is 0.496 e. The van der Waals surface area contributed by atoms with Crippen molar-refractivity contribution in [3.8, 4) is 34.1 Å². The number of hydrogen-bond donors (Lipinski definition) is 0. The monoisotopic (exact) mass is 710 g/mol. The Morgan fingerprint density at radius 2 is 1.00 bits per heavy atom. The summed E-state index contributed by atoms with van der Waals surface area (Å²) in [6, 6.07) is 11.7. The number of hydrogen-bond acceptors (Lipinski definition) is 6. The molecule has 0 fully saturated rings. The van der Waals surface area contributed by atoms with Gasteiger partial charge in [-0.25, -0.2) is 0 Å². The van der Waals surface area contributed by atoms with Gasteiger partial charge in [-0.3, -0.25) is 9.59 Å². The summed E-state index contributed by atoms with van der Waals surface area (Å²) in [6.07, 6.45) is 0. The maximum absolute atomic E-state index is 12.3. The lowest BCUT2D eigenvalue weighted by atomic mass is 9.94. The van der Waals surface area contributed by atoms with E-state index in [1.807, 2.05) is 50.2 Å². The molecule has 8 heteroatoms. The summed E-state index contributed by atoms with van der Waals surface area (Å²) in [4.78, 5) is 24.6. The quantitative estimate of drug-likeness (QED) is 0.123. The molecule has 0 saturated carbocycles. The van der Waals surface area contributed by atoms with Gasteiger partial charge in [-0.2, -0.15) is 0 Å². The molecule has 0 N–H and O–H groups in total. The van der Waals surface area contributed by atoms with Gasteiger partial charge in [0.15, 0.2) is 0 Å². The van der Waals surface area contributed by atoms with Crippen LogP contribution >= 0.6 is 45.2 Å². The van der Waals surface area contributed by atoms with Crippen molar-refractivity contribution in [2.45, 2.75) is 27.7 Å². The van der Waals surface area contributed by atoms with Gasteiger partial charge in [0.05, 0.1) is 25.0 Å². The number of rotatable bonds is 5. The molecule has 0 bridgehead atoms. The summed E-state index contributed by atoms with van der Waals surface area (Å²) in [6.45, 7) is 6.68. The van der Waals surface area contributed by atoms with Crippen LogP contribution in [-0.2, 0) is 9.59 Å². The van der Waals surface area contributed by atoms with Gasteiger partial charge >= 0.3 is 11.9 Å². The summed E-state index contributed by atoms with van der Waals surface area (Å²) in [7, 11) is 3.17. The number of esters is 2. The fourth-order valence-corrected chi connectivity index (χ4v) is 5.86. The molecule has 0 heterocycles. The van der Waals surface area contributed by atoms with Gasteiger partial charge in [-0.1, -0.05) is 0 Å². The Balaban J connectivity index is 2.24. The Hall–Kier alpha value is -2.60. The highest BCUT2D eigenvalue weighted by Gasteiger charge is 2.26. The number of carbonyl (C=O) groups excluding carboxylic acids is 2. The molecule has 0 unspecified atom stereocenters. The smallest absolute Gasteiger partial charge is 0.308 e. The molecule has 0 saturated heterocycles. The Morgan fingerprint density at radius 1 is 0.639 bits per heavy atom. The molecule has 4 rings (SSSR count). The second kappa shape index (κ2) is 10.4. The van der Waals surface area contributed by atoms with Crippen molar-refractivity contribution >= 4 is 78.7 Å². The molecular weight excluding hydrogens is 686 g/mol. The highest BCUT2D eigenvalue weighted by Crippen LogP contribution is 2.50. The lowest BCUT2D eigenvalue weighted by Gasteiger charge is -2.21. The van der Waals surface area contributed by atoms with E-state index in [0.717, 1.165) is 29.0 Å². The van der Waals surface area contributed by atoms with Gasteiger partial charge in [0, 0.05) is 42.9 Å². The van der Waals surface area contributed by atoms with Crippen LogP contribution in [0.3, 0.4) is 0 Å². The molecular formula is C28H24I2O6. The number of halogens is 2. The molecule has 0 amide bonds. The highest BCUT2D eigenvalue weighted by molar-refractivity contribution is 14.1. The molecule has 186 valence electrons. The van der Waals surface area contributed by atoms with Crippen molar-refractivity contribution in [3.05, 3.63) is 54.7 Å². The second-order valence-corrected chi connectivity index (χ2v) is 10.8. The number of methoxy groups -OCH3 is 2. The molecule has 0 aliphatic rings. The zero-order valence-corrected chi connectivity index (χ0v) is 25.0. The summed E-state index contributed by atoms with van der Waals surface area (Å²) >= 11 is 4.52. The van der Waals surface area contributed by atoms with Gasteiger partial charge in [0.1, 0.15) is 23.0 Å². The van der Waals surface area contributed by atoms with Crippen LogP contribution in [0.4, 0.5) is 0 Å². The predicted molar refractivity (Wildman–Crippen MR) is 158 cm³/mol. The molecule has 0 aliphatic carbocycles. The number of ether oxygens (including phenoxy) is 4. The lowest BCUT2D eigenvalue weighted by Crippen LogP contribution is -2.08. The zero-order chi connectivity index (χ0) is 26.3. The van der Waals surface area contributed by atoms with Crippen LogP contribution in [0.2, 0.25) is 0 Å². The van der Waals surface area contributed by atoms with E-state index in [1.165, 1.54) is 13.8 Å². The van der Waals surface area contributed by atoms with Crippen molar-refractivity contribution in [1.82, 2.24) is 0 Å². The van der Waals surface area contributed by atoms with E-state index in [0.29, 0.717) is 44.9 Å². The molecule has 0 spiro atoms. The van der Waals surface area contributed by atoms with Gasteiger partial charge < -0.3 is 18.9 Å². The van der Waals surface area contributed by atoms with E-state index in [-0.39, 0.29) is 0 Å². The van der Waals surface area contributed by atoms with E-state index >= 15 is 0 Å².